The van der Waals surface area contributed by atoms with Crippen LogP contribution in [0.25, 0.3) is 6.08 Å². The number of Topliss-reactive ketones (excluding diaryl/α,β-unsaturated/α-hetero) is 1. The highest BCUT2D eigenvalue weighted by molar-refractivity contribution is 6.13. The predicted octanol–water partition coefficient (Wildman–Crippen LogP) is 4.43. The van der Waals surface area contributed by atoms with Gasteiger partial charge in [-0.3, -0.25) is 4.79 Å². The molecule has 6 nitrogen and oxygen atoms in total. The van der Waals surface area contributed by atoms with Crippen molar-refractivity contribution in [1.82, 2.24) is 0 Å². The summed E-state index contributed by atoms with van der Waals surface area (Å²) in [5.41, 5.74) is 9.76. The van der Waals surface area contributed by atoms with Crippen LogP contribution in [0.2, 0.25) is 0 Å². The largest absolute Gasteiger partial charge is 0.493 e. The molecule has 0 fully saturated rings. The molecule has 0 aliphatic heterocycles. The average molecular weight is 399 g/mol. The molecule has 0 radical (unpaired) electrons. The second-order valence-electron chi connectivity index (χ2n) is 6.84. The number of methoxy groups -OCH3 is 3. The third kappa shape index (κ3) is 4.83. The topological polar surface area (TPSA) is 74.0 Å². The highest BCUT2D eigenvalue weighted by Gasteiger charge is 2.22. The zero-order valence-electron chi connectivity index (χ0n) is 18.0. The molecule has 156 valence electrons. The summed E-state index contributed by atoms with van der Waals surface area (Å²) < 4.78 is 16.2. The van der Waals surface area contributed by atoms with E-state index in [2.05, 4.69) is 0 Å². The predicted molar refractivity (Wildman–Crippen MR) is 118 cm³/mol. The number of hydrogen-bond donors (Lipinski definition) is 1. The summed E-state index contributed by atoms with van der Waals surface area (Å²) >= 11 is 0. The van der Waals surface area contributed by atoms with Gasteiger partial charge < -0.3 is 24.8 Å². The number of allylic oxidation sites excluding steroid dienone is 1. The van der Waals surface area contributed by atoms with Crippen molar-refractivity contribution in [3.05, 3.63) is 47.0 Å². The van der Waals surface area contributed by atoms with Gasteiger partial charge in [0.2, 0.25) is 5.75 Å². The minimum atomic E-state index is -0.111. The van der Waals surface area contributed by atoms with Gasteiger partial charge >= 0.3 is 0 Å². The second-order valence-corrected chi connectivity index (χ2v) is 6.84. The van der Waals surface area contributed by atoms with Crippen molar-refractivity contribution in [2.75, 3.05) is 46.1 Å². The summed E-state index contributed by atoms with van der Waals surface area (Å²) in [5.74, 6) is 1.16. The molecule has 0 heterocycles. The highest BCUT2D eigenvalue weighted by atomic mass is 16.5. The number of nitrogens with zero attached hydrogens (tertiary/aromatic N) is 1. The lowest BCUT2D eigenvalue weighted by Crippen LogP contribution is -2.11. The fraction of sp³-hybridized carbons (Fsp3) is 0.348. The molecule has 0 unspecified atom stereocenters. The Morgan fingerprint density at radius 1 is 1.03 bits per heavy atom. The Balaban J connectivity index is 2.52. The van der Waals surface area contributed by atoms with Gasteiger partial charge in [-0.15, -0.1) is 0 Å². The first-order valence-electron chi connectivity index (χ1n) is 9.48. The van der Waals surface area contributed by atoms with Crippen LogP contribution in [-0.4, -0.2) is 41.2 Å². The number of hydrogen-bond acceptors (Lipinski definition) is 6. The molecule has 0 aromatic heterocycles. The van der Waals surface area contributed by atoms with Crippen molar-refractivity contribution in [3.63, 3.8) is 0 Å². The van der Waals surface area contributed by atoms with E-state index in [-0.39, 0.29) is 5.78 Å². The Hall–Kier alpha value is -3.15. The number of ketones is 1. The molecule has 6 heteroatoms. The number of anilines is 2. The van der Waals surface area contributed by atoms with Gasteiger partial charge in [0.05, 0.1) is 38.3 Å². The molecule has 2 aromatic rings. The average Bonchev–Trinajstić information content (AvgIpc) is 2.71. The van der Waals surface area contributed by atoms with E-state index in [4.69, 9.17) is 19.9 Å². The Labute approximate surface area is 172 Å². The zero-order chi connectivity index (χ0) is 21.6. The minimum Gasteiger partial charge on any atom is -0.493 e. The van der Waals surface area contributed by atoms with E-state index in [1.54, 1.807) is 19.2 Å². The van der Waals surface area contributed by atoms with Crippen molar-refractivity contribution >= 4 is 23.2 Å². The molecule has 2 aromatic carbocycles. The maximum Gasteiger partial charge on any atom is 0.204 e. The Bertz CT molecular complexity index is 904. The molecule has 0 spiro atoms. The maximum absolute atomic E-state index is 13.4. The molecule has 2 rings (SSSR count). The van der Waals surface area contributed by atoms with E-state index >= 15 is 0 Å². The van der Waals surface area contributed by atoms with E-state index in [9.17, 15) is 4.79 Å². The van der Waals surface area contributed by atoms with Crippen molar-refractivity contribution in [3.8, 4) is 17.2 Å². The first-order valence-corrected chi connectivity index (χ1v) is 9.48. The van der Waals surface area contributed by atoms with Crippen molar-refractivity contribution in [2.24, 2.45) is 0 Å². The Morgan fingerprint density at radius 3 is 2.24 bits per heavy atom. The molecular weight excluding hydrogens is 368 g/mol. The zero-order valence-corrected chi connectivity index (χ0v) is 18.0. The van der Waals surface area contributed by atoms with Crippen molar-refractivity contribution < 1.29 is 19.0 Å². The van der Waals surface area contributed by atoms with Gasteiger partial charge in [-0.2, -0.15) is 0 Å². The number of carbonyl (C=O) groups excluding carboxylic acids is 1. The minimum absolute atomic E-state index is 0.111. The van der Waals surface area contributed by atoms with E-state index in [1.165, 1.54) is 14.2 Å². The van der Waals surface area contributed by atoms with Gasteiger partial charge in [-0.05, 0) is 42.3 Å². The van der Waals surface area contributed by atoms with Crippen LogP contribution in [0.1, 0.15) is 35.7 Å². The molecule has 0 saturated carbocycles. The molecule has 29 heavy (non-hydrogen) atoms. The van der Waals surface area contributed by atoms with Crippen LogP contribution in [0, 0.1) is 0 Å². The van der Waals surface area contributed by atoms with Gasteiger partial charge in [0.1, 0.15) is 0 Å². The lowest BCUT2D eigenvalue weighted by atomic mass is 9.96. The molecule has 0 amide bonds. The number of benzene rings is 2. The molecule has 2 N–H and O–H groups in total. The fourth-order valence-electron chi connectivity index (χ4n) is 3.24. The van der Waals surface area contributed by atoms with Crippen LogP contribution in [-0.2, 0) is 0 Å². The number of carbonyl (C=O) groups is 1. The van der Waals surface area contributed by atoms with Gasteiger partial charge in [0.25, 0.3) is 0 Å². The summed E-state index contributed by atoms with van der Waals surface area (Å²) in [7, 11) is 8.46. The summed E-state index contributed by atoms with van der Waals surface area (Å²) in [5, 5.41) is 0. The quantitative estimate of drug-likeness (QED) is 0.383. The lowest BCUT2D eigenvalue weighted by Gasteiger charge is -2.17. The van der Waals surface area contributed by atoms with E-state index in [1.807, 2.05) is 50.2 Å². The SMILES string of the molecule is CCCC(=Cc1ccc(N(C)C)c(N)c1)C(=O)c1ccc(OC)c(OC)c1OC. The number of rotatable bonds is 9. The van der Waals surface area contributed by atoms with E-state index in [0.717, 1.165) is 17.7 Å². The van der Waals surface area contributed by atoms with Crippen LogP contribution in [0.15, 0.2) is 35.9 Å². The number of nitrogens with two attached hydrogens (primary N) is 1. The third-order valence-corrected chi connectivity index (χ3v) is 4.63. The lowest BCUT2D eigenvalue weighted by molar-refractivity contribution is 0.102. The molecular formula is C23H30N2O4. The van der Waals surface area contributed by atoms with Crippen molar-refractivity contribution in [2.45, 2.75) is 19.8 Å². The highest BCUT2D eigenvalue weighted by Crippen LogP contribution is 2.41. The van der Waals surface area contributed by atoms with Gasteiger partial charge in [0.15, 0.2) is 17.3 Å². The molecule has 0 aliphatic carbocycles. The van der Waals surface area contributed by atoms with Crippen LogP contribution >= 0.6 is 0 Å². The second kappa shape index (κ2) is 9.87. The first-order chi connectivity index (χ1) is 13.9. The standard InChI is InChI=1S/C23H30N2O4/c1-7-8-16(13-15-9-11-19(25(2)3)18(24)14-15)21(26)17-10-12-20(27-4)23(29-6)22(17)28-5/h9-14H,7-8,24H2,1-6H3. The van der Waals surface area contributed by atoms with Gasteiger partial charge in [-0.1, -0.05) is 19.4 Å². The van der Waals surface area contributed by atoms with Crippen molar-refractivity contribution in [1.29, 1.82) is 0 Å². The molecule has 0 bridgehead atoms. The van der Waals surface area contributed by atoms with Crippen LogP contribution in [0.5, 0.6) is 17.2 Å². The first kappa shape index (κ1) is 22.1. The van der Waals surface area contributed by atoms with E-state index in [0.29, 0.717) is 40.5 Å². The summed E-state index contributed by atoms with van der Waals surface area (Å²) in [4.78, 5) is 15.3. The Kier molecular flexibility index (Phi) is 7.53. The van der Waals surface area contributed by atoms with E-state index < -0.39 is 0 Å². The fourth-order valence-corrected chi connectivity index (χ4v) is 3.24. The summed E-state index contributed by atoms with van der Waals surface area (Å²) in [6.45, 7) is 2.04. The number of nitrogen functional groups attached to an aromatic ring is 1. The van der Waals surface area contributed by atoms with Crippen LogP contribution < -0.4 is 24.8 Å². The normalized spacial score (nSPS) is 11.2. The molecule has 0 atom stereocenters. The third-order valence-electron chi connectivity index (χ3n) is 4.63. The summed E-state index contributed by atoms with van der Waals surface area (Å²) in [6, 6.07) is 9.20. The Morgan fingerprint density at radius 2 is 1.72 bits per heavy atom. The van der Waals surface area contributed by atoms with Crippen LogP contribution in [0.4, 0.5) is 11.4 Å². The van der Waals surface area contributed by atoms with Gasteiger partial charge in [-0.25, -0.2) is 0 Å². The summed E-state index contributed by atoms with van der Waals surface area (Å²) in [6.07, 6.45) is 3.35. The smallest absolute Gasteiger partial charge is 0.204 e. The monoisotopic (exact) mass is 398 g/mol. The maximum atomic E-state index is 13.4. The molecule has 0 saturated heterocycles. The molecule has 0 aliphatic rings. The van der Waals surface area contributed by atoms with Crippen LogP contribution in [0.3, 0.4) is 0 Å². The van der Waals surface area contributed by atoms with Gasteiger partial charge in [0, 0.05) is 19.7 Å². The number of ether oxygens (including phenoxy) is 3.